The van der Waals surface area contributed by atoms with E-state index in [-0.39, 0.29) is 22.9 Å². The van der Waals surface area contributed by atoms with Gasteiger partial charge in [0.25, 0.3) is 5.91 Å². The molecule has 0 spiro atoms. The van der Waals surface area contributed by atoms with Crippen molar-refractivity contribution in [2.45, 2.75) is 31.2 Å². The molecule has 1 fully saturated rings. The van der Waals surface area contributed by atoms with Gasteiger partial charge in [-0.3, -0.25) is 9.59 Å². The lowest BCUT2D eigenvalue weighted by Crippen LogP contribution is -2.44. The molecule has 0 aliphatic carbocycles. The number of rotatable bonds is 7. The summed E-state index contributed by atoms with van der Waals surface area (Å²) in [5, 5.41) is 3.15. The second-order valence-electron chi connectivity index (χ2n) is 7.85. The van der Waals surface area contributed by atoms with E-state index in [0.29, 0.717) is 31.6 Å². The van der Waals surface area contributed by atoms with Crippen molar-refractivity contribution in [3.63, 3.8) is 0 Å². The molecule has 1 saturated heterocycles. The minimum Gasteiger partial charge on any atom is -0.379 e. The molecular weight excluding hydrogens is 420 g/mol. The zero-order valence-electron chi connectivity index (χ0n) is 17.9. The molecule has 10 nitrogen and oxygen atoms in total. The summed E-state index contributed by atoms with van der Waals surface area (Å²) in [4.78, 5) is 33.5. The largest absolute Gasteiger partial charge is 0.379 e. The summed E-state index contributed by atoms with van der Waals surface area (Å²) >= 11 is 0. The number of carbonyl (C=O) groups is 2. The van der Waals surface area contributed by atoms with Crippen molar-refractivity contribution in [2.24, 2.45) is 11.7 Å². The van der Waals surface area contributed by atoms with Crippen molar-refractivity contribution in [3.8, 4) is 0 Å². The number of nitrogens with one attached hydrogen (secondary N) is 2. The van der Waals surface area contributed by atoms with Gasteiger partial charge in [-0.05, 0) is 38.0 Å². The molecule has 0 radical (unpaired) electrons. The third-order valence-corrected chi connectivity index (χ3v) is 7.23. The lowest BCUT2D eigenvalue weighted by Gasteiger charge is -2.31. The molecule has 1 aromatic heterocycles. The monoisotopic (exact) mass is 448 g/mol. The maximum absolute atomic E-state index is 13.2. The van der Waals surface area contributed by atoms with E-state index in [2.05, 4.69) is 15.3 Å². The molecule has 4 N–H and O–H groups in total. The second kappa shape index (κ2) is 9.06. The highest BCUT2D eigenvalue weighted by Gasteiger charge is 2.29. The van der Waals surface area contributed by atoms with Crippen LogP contribution in [0.3, 0.4) is 0 Å². The van der Waals surface area contributed by atoms with Gasteiger partial charge in [-0.15, -0.1) is 0 Å². The Morgan fingerprint density at radius 3 is 2.68 bits per heavy atom. The number of sulfonamides is 1. The van der Waals surface area contributed by atoms with Crippen molar-refractivity contribution < 1.29 is 18.0 Å². The smallest absolute Gasteiger partial charge is 0.253 e. The Kier molecular flexibility index (Phi) is 6.65. The summed E-state index contributed by atoms with van der Waals surface area (Å²) in [6.45, 7) is 2.97. The van der Waals surface area contributed by atoms with E-state index in [1.165, 1.54) is 26.2 Å². The van der Waals surface area contributed by atoms with E-state index in [4.69, 9.17) is 5.73 Å². The highest BCUT2D eigenvalue weighted by Crippen LogP contribution is 2.25. The summed E-state index contributed by atoms with van der Waals surface area (Å²) < 4.78 is 26.6. The normalized spacial score (nSPS) is 17.0. The SMILES string of the molecule is Cc1[nH]cnc1CNc1cc(C(=O)N2CCCC(C(N)=O)C2)cc(S(=O)(=O)N(C)C)c1. The molecule has 1 aromatic carbocycles. The quantitative estimate of drug-likeness (QED) is 0.575. The third kappa shape index (κ3) is 5.05. The first-order valence-corrected chi connectivity index (χ1v) is 11.4. The number of likely N-dealkylation sites (tertiary alicyclic amines) is 1. The van der Waals surface area contributed by atoms with Gasteiger partial charge in [-0.2, -0.15) is 0 Å². The van der Waals surface area contributed by atoms with Crippen molar-refractivity contribution in [3.05, 3.63) is 41.5 Å². The number of H-pyrrole nitrogens is 1. The van der Waals surface area contributed by atoms with E-state index >= 15 is 0 Å². The summed E-state index contributed by atoms with van der Waals surface area (Å²) in [7, 11) is -0.891. The van der Waals surface area contributed by atoms with E-state index in [1.54, 1.807) is 17.3 Å². The number of amides is 2. The lowest BCUT2D eigenvalue weighted by molar-refractivity contribution is -0.123. The van der Waals surface area contributed by atoms with Crippen molar-refractivity contribution >= 4 is 27.5 Å². The minimum atomic E-state index is -3.76. The van der Waals surface area contributed by atoms with Crippen LogP contribution in [0.1, 0.15) is 34.6 Å². The van der Waals surface area contributed by atoms with Gasteiger partial charge in [0.05, 0.1) is 29.4 Å². The van der Waals surface area contributed by atoms with Gasteiger partial charge in [0.15, 0.2) is 0 Å². The molecule has 3 rings (SSSR count). The van der Waals surface area contributed by atoms with E-state index < -0.39 is 21.8 Å². The van der Waals surface area contributed by atoms with Gasteiger partial charge in [-0.25, -0.2) is 17.7 Å². The molecule has 1 aliphatic rings. The molecule has 1 atom stereocenters. The zero-order chi connectivity index (χ0) is 22.8. The maximum Gasteiger partial charge on any atom is 0.253 e. The van der Waals surface area contributed by atoms with Crippen LogP contribution in [0.15, 0.2) is 29.4 Å². The number of hydrogen-bond acceptors (Lipinski definition) is 6. The number of benzene rings is 1. The summed E-state index contributed by atoms with van der Waals surface area (Å²) in [6.07, 6.45) is 2.89. The van der Waals surface area contributed by atoms with Crippen molar-refractivity contribution in [1.82, 2.24) is 19.2 Å². The third-order valence-electron chi connectivity index (χ3n) is 5.44. The molecule has 0 bridgehead atoms. The number of carbonyl (C=O) groups excluding carboxylic acids is 2. The van der Waals surface area contributed by atoms with Gasteiger partial charge in [-0.1, -0.05) is 0 Å². The first-order chi connectivity index (χ1) is 14.6. The maximum atomic E-state index is 13.2. The Balaban J connectivity index is 1.93. The number of hydrogen-bond donors (Lipinski definition) is 3. The minimum absolute atomic E-state index is 0.00746. The number of anilines is 1. The van der Waals surface area contributed by atoms with Gasteiger partial charge in [0, 0.05) is 44.1 Å². The van der Waals surface area contributed by atoms with E-state index in [0.717, 1.165) is 15.7 Å². The Bertz CT molecular complexity index is 1080. The Morgan fingerprint density at radius 2 is 2.06 bits per heavy atom. The fourth-order valence-electron chi connectivity index (χ4n) is 3.51. The lowest BCUT2D eigenvalue weighted by atomic mass is 9.97. The average molecular weight is 449 g/mol. The fraction of sp³-hybridized carbons (Fsp3) is 0.450. The van der Waals surface area contributed by atoms with Crippen LogP contribution in [0.5, 0.6) is 0 Å². The Hall–Kier alpha value is -2.92. The summed E-state index contributed by atoms with van der Waals surface area (Å²) in [5.41, 5.74) is 7.82. The number of aryl methyl sites for hydroxylation is 1. The van der Waals surface area contributed by atoms with Crippen LogP contribution < -0.4 is 11.1 Å². The van der Waals surface area contributed by atoms with Gasteiger partial charge in [0.2, 0.25) is 15.9 Å². The standard InChI is InChI=1S/C20H28N6O4S/c1-13-18(24-12-23-13)10-22-16-7-15(8-17(9-16)31(29,30)25(2)3)20(28)26-6-4-5-14(11-26)19(21)27/h7-9,12,14,22H,4-6,10-11H2,1-3H3,(H2,21,27)(H,23,24). The molecule has 11 heteroatoms. The molecule has 2 aromatic rings. The van der Waals surface area contributed by atoms with Gasteiger partial charge >= 0.3 is 0 Å². The highest BCUT2D eigenvalue weighted by atomic mass is 32.2. The number of nitrogens with two attached hydrogens (primary N) is 1. The number of aromatic amines is 1. The zero-order valence-corrected chi connectivity index (χ0v) is 18.7. The predicted octanol–water partition coefficient (Wildman–Crippen LogP) is 0.918. The van der Waals surface area contributed by atoms with Crippen LogP contribution >= 0.6 is 0 Å². The molecule has 1 aliphatic heterocycles. The molecule has 31 heavy (non-hydrogen) atoms. The van der Waals surface area contributed by atoms with Crippen molar-refractivity contribution in [1.29, 1.82) is 0 Å². The predicted molar refractivity (Wildman–Crippen MR) is 116 cm³/mol. The number of piperidine rings is 1. The molecule has 2 amide bonds. The van der Waals surface area contributed by atoms with Gasteiger partial charge in [0.1, 0.15) is 0 Å². The Morgan fingerprint density at radius 1 is 1.32 bits per heavy atom. The first-order valence-electron chi connectivity index (χ1n) is 9.98. The second-order valence-corrected chi connectivity index (χ2v) is 10.0. The molecule has 0 saturated carbocycles. The molecule has 2 heterocycles. The van der Waals surface area contributed by atoms with Crippen LogP contribution in [0.2, 0.25) is 0 Å². The molecule has 1 unspecified atom stereocenters. The van der Waals surface area contributed by atoms with Crippen LogP contribution in [0, 0.1) is 12.8 Å². The number of aromatic nitrogens is 2. The van der Waals surface area contributed by atoms with Crippen LogP contribution in [0.4, 0.5) is 5.69 Å². The first kappa shape index (κ1) is 22.8. The fourth-order valence-corrected chi connectivity index (χ4v) is 4.49. The van der Waals surface area contributed by atoms with E-state index in [9.17, 15) is 18.0 Å². The summed E-state index contributed by atoms with van der Waals surface area (Å²) in [6, 6.07) is 4.49. The molecular formula is C20H28N6O4S. The van der Waals surface area contributed by atoms with Crippen LogP contribution in [-0.2, 0) is 21.4 Å². The average Bonchev–Trinajstić information content (AvgIpc) is 3.16. The number of primary amides is 1. The topological polar surface area (TPSA) is 141 Å². The number of imidazole rings is 1. The number of nitrogens with zero attached hydrogens (tertiary/aromatic N) is 3. The van der Waals surface area contributed by atoms with Crippen LogP contribution in [0.25, 0.3) is 0 Å². The van der Waals surface area contributed by atoms with E-state index in [1.807, 2.05) is 6.92 Å². The van der Waals surface area contributed by atoms with Crippen LogP contribution in [-0.4, -0.2) is 66.6 Å². The van der Waals surface area contributed by atoms with Gasteiger partial charge < -0.3 is 20.9 Å². The van der Waals surface area contributed by atoms with Crippen molar-refractivity contribution in [2.75, 3.05) is 32.5 Å². The Labute approximate surface area is 181 Å². The molecule has 168 valence electrons. The summed E-state index contributed by atoms with van der Waals surface area (Å²) in [5.74, 6) is -1.16. The highest BCUT2D eigenvalue weighted by molar-refractivity contribution is 7.89.